The van der Waals surface area contributed by atoms with E-state index in [0.717, 1.165) is 6.42 Å². The molecule has 0 spiro atoms. The van der Waals surface area contributed by atoms with Crippen LogP contribution >= 0.6 is 0 Å². The fourth-order valence-electron chi connectivity index (χ4n) is 3.01. The first-order valence-corrected chi connectivity index (χ1v) is 6.39. The van der Waals surface area contributed by atoms with Crippen molar-refractivity contribution in [2.24, 2.45) is 22.7 Å². The van der Waals surface area contributed by atoms with Crippen LogP contribution in [0.25, 0.3) is 0 Å². The number of carbonyl (C=O) groups is 2. The molecule has 0 heterocycles. The third-order valence-electron chi connectivity index (χ3n) is 4.33. The molecule has 0 amide bonds. The lowest BCUT2D eigenvalue weighted by atomic mass is 9.94. The van der Waals surface area contributed by atoms with Crippen molar-refractivity contribution in [2.75, 3.05) is 0 Å². The highest BCUT2D eigenvalue weighted by molar-refractivity contribution is 5.88. The van der Waals surface area contributed by atoms with Gasteiger partial charge in [0.25, 0.3) is 0 Å². The van der Waals surface area contributed by atoms with Gasteiger partial charge in [0.05, 0.1) is 5.41 Å². The Morgan fingerprint density at radius 1 is 1.35 bits per heavy atom. The van der Waals surface area contributed by atoms with E-state index < -0.39 is 11.5 Å². The van der Waals surface area contributed by atoms with Gasteiger partial charge in [-0.1, -0.05) is 13.8 Å². The zero-order valence-electron chi connectivity index (χ0n) is 11.4. The Morgan fingerprint density at radius 3 is 2.47 bits per heavy atom. The maximum atomic E-state index is 11.9. The number of ether oxygens (including phenoxy) is 1. The van der Waals surface area contributed by atoms with E-state index in [0.29, 0.717) is 12.3 Å². The van der Waals surface area contributed by atoms with Gasteiger partial charge in [-0.25, -0.2) is 0 Å². The van der Waals surface area contributed by atoms with E-state index in [9.17, 15) is 9.59 Å². The van der Waals surface area contributed by atoms with E-state index in [1.54, 1.807) is 0 Å². The van der Waals surface area contributed by atoms with E-state index in [1.807, 2.05) is 20.8 Å². The second-order valence-electron chi connectivity index (χ2n) is 7.03. The zero-order valence-corrected chi connectivity index (χ0v) is 11.4. The lowest BCUT2D eigenvalue weighted by molar-refractivity contribution is -0.165. The molecular weight excluding hydrogens is 216 g/mol. The number of fused-ring (bicyclic) bond motifs is 1. The summed E-state index contributed by atoms with van der Waals surface area (Å²) in [6.07, 6.45) is 1.03. The van der Waals surface area contributed by atoms with Gasteiger partial charge in [0, 0.05) is 12.3 Å². The molecule has 0 unspecified atom stereocenters. The van der Waals surface area contributed by atoms with Crippen LogP contribution in [0.15, 0.2) is 0 Å². The number of hydrogen-bond donors (Lipinski definition) is 0. The summed E-state index contributed by atoms with van der Waals surface area (Å²) in [5.41, 5.74) is -0.374. The fourth-order valence-corrected chi connectivity index (χ4v) is 3.01. The minimum atomic E-state index is -0.535. The minimum Gasteiger partial charge on any atom is -0.454 e. The molecule has 96 valence electrons. The fraction of sp³-hybridized carbons (Fsp3) is 0.857. The van der Waals surface area contributed by atoms with Crippen LogP contribution in [0.4, 0.5) is 0 Å². The Balaban J connectivity index is 2.10. The first-order chi connectivity index (χ1) is 7.65. The van der Waals surface area contributed by atoms with Crippen LogP contribution in [0.1, 0.15) is 47.5 Å². The third kappa shape index (κ3) is 2.00. The SMILES string of the molecule is CC(C)(C)C(=O)O[C@@H]1C(=O)CC[C@@H]2[C@@H]1C2(C)C. The van der Waals surface area contributed by atoms with E-state index in [2.05, 4.69) is 13.8 Å². The highest BCUT2D eigenvalue weighted by atomic mass is 16.5. The lowest BCUT2D eigenvalue weighted by Crippen LogP contribution is -2.37. The van der Waals surface area contributed by atoms with Crippen LogP contribution < -0.4 is 0 Å². The molecular formula is C14H22O3. The van der Waals surface area contributed by atoms with E-state index in [1.165, 1.54) is 0 Å². The van der Waals surface area contributed by atoms with E-state index >= 15 is 0 Å². The van der Waals surface area contributed by atoms with Gasteiger partial charge in [-0.15, -0.1) is 0 Å². The molecule has 0 aromatic carbocycles. The summed E-state index contributed by atoms with van der Waals surface area (Å²) in [5, 5.41) is 0. The topological polar surface area (TPSA) is 43.4 Å². The number of esters is 1. The Morgan fingerprint density at radius 2 is 1.94 bits per heavy atom. The quantitative estimate of drug-likeness (QED) is 0.659. The maximum absolute atomic E-state index is 11.9. The summed E-state index contributed by atoms with van der Waals surface area (Å²) < 4.78 is 5.47. The van der Waals surface area contributed by atoms with Crippen LogP contribution in [-0.2, 0) is 14.3 Å². The molecule has 2 aliphatic carbocycles. The number of carbonyl (C=O) groups excluding carboxylic acids is 2. The molecule has 0 aromatic heterocycles. The average molecular weight is 238 g/mol. The third-order valence-corrected chi connectivity index (χ3v) is 4.33. The molecule has 2 fully saturated rings. The second-order valence-corrected chi connectivity index (χ2v) is 7.03. The van der Waals surface area contributed by atoms with E-state index in [-0.39, 0.29) is 23.1 Å². The Kier molecular flexibility index (Phi) is 2.64. The normalized spacial score (nSPS) is 35.1. The smallest absolute Gasteiger partial charge is 0.311 e. The van der Waals surface area contributed by atoms with Crippen molar-refractivity contribution in [2.45, 2.75) is 53.6 Å². The Labute approximate surface area is 103 Å². The van der Waals surface area contributed by atoms with Crippen molar-refractivity contribution in [3.05, 3.63) is 0 Å². The predicted molar refractivity (Wildman–Crippen MR) is 64.3 cm³/mol. The van der Waals surface area contributed by atoms with Gasteiger partial charge in [-0.05, 0) is 38.5 Å². The van der Waals surface area contributed by atoms with Gasteiger partial charge in [-0.3, -0.25) is 9.59 Å². The number of Topliss-reactive ketones (excluding diaryl/α,β-unsaturated/α-hetero) is 1. The van der Waals surface area contributed by atoms with Crippen LogP contribution in [0.2, 0.25) is 0 Å². The van der Waals surface area contributed by atoms with Gasteiger partial charge < -0.3 is 4.74 Å². The number of rotatable bonds is 1. The molecule has 3 nitrogen and oxygen atoms in total. The molecule has 2 saturated carbocycles. The molecule has 17 heavy (non-hydrogen) atoms. The van der Waals surface area contributed by atoms with Crippen molar-refractivity contribution in [3.63, 3.8) is 0 Å². The van der Waals surface area contributed by atoms with Crippen molar-refractivity contribution < 1.29 is 14.3 Å². The first-order valence-electron chi connectivity index (χ1n) is 6.39. The molecule has 0 bridgehead atoms. The molecule has 3 atom stereocenters. The van der Waals surface area contributed by atoms with Crippen LogP contribution in [0.5, 0.6) is 0 Å². The molecule has 0 saturated heterocycles. The molecule has 2 aliphatic rings. The molecule has 0 aromatic rings. The van der Waals surface area contributed by atoms with Gasteiger partial charge in [-0.2, -0.15) is 0 Å². The van der Waals surface area contributed by atoms with Crippen molar-refractivity contribution in [1.82, 2.24) is 0 Å². The molecule has 0 N–H and O–H groups in total. The molecule has 3 heteroatoms. The highest BCUT2D eigenvalue weighted by Gasteiger charge is 2.65. The minimum absolute atomic E-state index is 0.106. The summed E-state index contributed by atoms with van der Waals surface area (Å²) in [6.45, 7) is 9.78. The van der Waals surface area contributed by atoms with Gasteiger partial charge in [0.2, 0.25) is 0 Å². The number of ketones is 1. The Bertz CT molecular complexity index is 362. The van der Waals surface area contributed by atoms with Gasteiger partial charge >= 0.3 is 5.97 Å². The van der Waals surface area contributed by atoms with Crippen LogP contribution in [-0.4, -0.2) is 17.9 Å². The zero-order chi connectivity index (χ0) is 13.0. The lowest BCUT2D eigenvalue weighted by Gasteiger charge is -2.25. The summed E-state index contributed by atoms with van der Waals surface area (Å²) in [6, 6.07) is 0. The van der Waals surface area contributed by atoms with Gasteiger partial charge in [0.15, 0.2) is 11.9 Å². The Hall–Kier alpha value is -0.860. The van der Waals surface area contributed by atoms with Crippen molar-refractivity contribution >= 4 is 11.8 Å². The average Bonchev–Trinajstić information content (AvgIpc) is 2.72. The van der Waals surface area contributed by atoms with Crippen LogP contribution in [0, 0.1) is 22.7 Å². The first kappa shape index (κ1) is 12.6. The van der Waals surface area contributed by atoms with Crippen molar-refractivity contribution in [3.8, 4) is 0 Å². The predicted octanol–water partition coefficient (Wildman–Crippen LogP) is 2.58. The standard InChI is InChI=1S/C14H22O3/c1-13(2,3)12(16)17-11-9(15)7-6-8-10(11)14(8,4)5/h8,10-11H,6-7H2,1-5H3/t8-,10+,11-/m1/s1. The highest BCUT2D eigenvalue weighted by Crippen LogP contribution is 2.64. The monoisotopic (exact) mass is 238 g/mol. The maximum Gasteiger partial charge on any atom is 0.311 e. The van der Waals surface area contributed by atoms with E-state index in [4.69, 9.17) is 4.74 Å². The summed E-state index contributed by atoms with van der Waals surface area (Å²) >= 11 is 0. The second kappa shape index (κ2) is 3.56. The van der Waals surface area contributed by atoms with Crippen molar-refractivity contribution in [1.29, 1.82) is 0 Å². The summed E-state index contributed by atoms with van der Waals surface area (Å²) in [7, 11) is 0. The van der Waals surface area contributed by atoms with Crippen LogP contribution in [0.3, 0.4) is 0 Å². The summed E-state index contributed by atoms with van der Waals surface area (Å²) in [5.74, 6) is 0.640. The van der Waals surface area contributed by atoms with Gasteiger partial charge in [0.1, 0.15) is 0 Å². The number of hydrogen-bond acceptors (Lipinski definition) is 3. The summed E-state index contributed by atoms with van der Waals surface area (Å²) in [4.78, 5) is 23.8. The molecule has 0 radical (unpaired) electrons. The molecule has 0 aliphatic heterocycles. The molecule has 2 rings (SSSR count). The largest absolute Gasteiger partial charge is 0.454 e.